The second-order valence-electron chi connectivity index (χ2n) is 5.40. The summed E-state index contributed by atoms with van der Waals surface area (Å²) < 4.78 is 5.43. The van der Waals surface area contributed by atoms with Crippen LogP contribution >= 0.6 is 11.3 Å². The number of hydrogen-bond acceptors (Lipinski definition) is 5. The van der Waals surface area contributed by atoms with Gasteiger partial charge in [0.15, 0.2) is 0 Å². The highest BCUT2D eigenvalue weighted by Gasteiger charge is 2.10. The van der Waals surface area contributed by atoms with Crippen LogP contribution in [0.25, 0.3) is 10.6 Å². The molecule has 1 heterocycles. The molecule has 6 heteroatoms. The summed E-state index contributed by atoms with van der Waals surface area (Å²) in [6.07, 6.45) is 1.12. The van der Waals surface area contributed by atoms with Gasteiger partial charge in [0.2, 0.25) is 11.0 Å². The lowest BCUT2D eigenvalue weighted by Gasteiger charge is -2.02. The predicted molar refractivity (Wildman–Crippen MR) is 99.9 cm³/mol. The number of ether oxygens (including phenoxy) is 1. The van der Waals surface area contributed by atoms with Crippen LogP contribution in [0.15, 0.2) is 54.6 Å². The molecule has 0 saturated carbocycles. The Hall–Kier alpha value is -2.73. The lowest BCUT2D eigenvalue weighted by atomic mass is 10.1. The van der Waals surface area contributed by atoms with Crippen molar-refractivity contribution in [2.24, 2.45) is 0 Å². The fourth-order valence-electron chi connectivity index (χ4n) is 2.34. The summed E-state index contributed by atoms with van der Waals surface area (Å²) in [4.78, 5) is 12.1. The zero-order valence-electron chi connectivity index (χ0n) is 13.9. The summed E-state index contributed by atoms with van der Waals surface area (Å²) in [5.41, 5.74) is 2.09. The summed E-state index contributed by atoms with van der Waals surface area (Å²) in [6.45, 7) is 2.59. The Morgan fingerprint density at radius 3 is 2.56 bits per heavy atom. The van der Waals surface area contributed by atoms with Crippen LogP contribution in [-0.4, -0.2) is 22.7 Å². The van der Waals surface area contributed by atoms with Gasteiger partial charge in [0.05, 0.1) is 6.61 Å². The Bertz CT molecular complexity index is 816. The zero-order chi connectivity index (χ0) is 17.5. The third kappa shape index (κ3) is 4.87. The van der Waals surface area contributed by atoms with Gasteiger partial charge >= 0.3 is 0 Å². The van der Waals surface area contributed by atoms with Crippen molar-refractivity contribution in [2.75, 3.05) is 11.9 Å². The molecule has 0 spiro atoms. The molecule has 1 N–H and O–H groups in total. The van der Waals surface area contributed by atoms with Crippen molar-refractivity contribution in [3.05, 3.63) is 60.2 Å². The number of carbonyl (C=O) groups is 1. The van der Waals surface area contributed by atoms with E-state index in [9.17, 15) is 4.79 Å². The first-order chi connectivity index (χ1) is 12.2. The molecule has 1 amide bonds. The van der Waals surface area contributed by atoms with E-state index in [1.807, 2.05) is 61.5 Å². The van der Waals surface area contributed by atoms with Crippen molar-refractivity contribution >= 4 is 22.4 Å². The number of nitrogens with one attached hydrogen (secondary N) is 1. The van der Waals surface area contributed by atoms with Gasteiger partial charge in [0.1, 0.15) is 10.8 Å². The molecule has 0 unspecified atom stereocenters. The molecule has 5 nitrogen and oxygen atoms in total. The largest absolute Gasteiger partial charge is 0.494 e. The van der Waals surface area contributed by atoms with Crippen molar-refractivity contribution in [3.8, 4) is 16.3 Å². The number of hydrogen-bond donors (Lipinski definition) is 1. The van der Waals surface area contributed by atoms with Crippen LogP contribution < -0.4 is 10.1 Å². The molecule has 128 valence electrons. The minimum atomic E-state index is -0.0572. The molecule has 3 aromatic rings. The zero-order valence-corrected chi connectivity index (χ0v) is 14.8. The van der Waals surface area contributed by atoms with E-state index in [1.165, 1.54) is 11.3 Å². The van der Waals surface area contributed by atoms with Gasteiger partial charge in [-0.3, -0.25) is 4.79 Å². The minimum Gasteiger partial charge on any atom is -0.494 e. The molecule has 3 rings (SSSR count). The minimum absolute atomic E-state index is 0.0572. The Morgan fingerprint density at radius 1 is 1.08 bits per heavy atom. The maximum Gasteiger partial charge on any atom is 0.226 e. The molecule has 0 saturated heterocycles. The Balaban J connectivity index is 1.56. The third-order valence-electron chi connectivity index (χ3n) is 3.57. The monoisotopic (exact) mass is 353 g/mol. The number of aryl methyl sites for hydroxylation is 1. The highest BCUT2D eigenvalue weighted by atomic mass is 32.1. The van der Waals surface area contributed by atoms with Crippen LogP contribution in [0.2, 0.25) is 0 Å². The topological polar surface area (TPSA) is 64.1 Å². The van der Waals surface area contributed by atoms with E-state index in [-0.39, 0.29) is 5.91 Å². The van der Waals surface area contributed by atoms with Crippen molar-refractivity contribution < 1.29 is 9.53 Å². The molecule has 0 bridgehead atoms. The maximum atomic E-state index is 12.1. The number of rotatable bonds is 7. The number of aromatic nitrogens is 2. The average molecular weight is 353 g/mol. The lowest BCUT2D eigenvalue weighted by molar-refractivity contribution is -0.116. The van der Waals surface area contributed by atoms with Gasteiger partial charge in [-0.25, -0.2) is 0 Å². The van der Waals surface area contributed by atoms with Gasteiger partial charge in [-0.05, 0) is 43.2 Å². The maximum absolute atomic E-state index is 12.1. The molecule has 0 radical (unpaired) electrons. The normalized spacial score (nSPS) is 10.4. The van der Waals surface area contributed by atoms with Crippen molar-refractivity contribution in [2.45, 2.75) is 19.8 Å². The molecule has 0 aliphatic carbocycles. The van der Waals surface area contributed by atoms with Crippen LogP contribution in [0.3, 0.4) is 0 Å². The number of carbonyl (C=O) groups excluding carboxylic acids is 1. The molecule has 0 atom stereocenters. The van der Waals surface area contributed by atoms with Gasteiger partial charge in [-0.1, -0.05) is 41.7 Å². The summed E-state index contributed by atoms with van der Waals surface area (Å²) in [5, 5.41) is 12.3. The van der Waals surface area contributed by atoms with E-state index in [0.29, 0.717) is 24.6 Å². The van der Waals surface area contributed by atoms with Crippen LogP contribution in [0, 0.1) is 0 Å². The van der Waals surface area contributed by atoms with E-state index in [4.69, 9.17) is 4.74 Å². The first-order valence-corrected chi connectivity index (χ1v) is 8.97. The molecule has 0 fully saturated rings. The second kappa shape index (κ2) is 8.39. The van der Waals surface area contributed by atoms with Crippen LogP contribution in [0.4, 0.5) is 5.13 Å². The standard InChI is InChI=1S/C19H19N3O2S/c1-2-24-16-11-9-15(10-12-16)18-21-22-19(25-18)20-17(23)13-8-14-6-4-3-5-7-14/h3-7,9-12H,2,8,13H2,1H3,(H,20,22,23). The van der Waals surface area contributed by atoms with E-state index in [0.717, 1.165) is 21.9 Å². The number of benzene rings is 2. The summed E-state index contributed by atoms with van der Waals surface area (Å²) in [5.74, 6) is 0.767. The number of amides is 1. The molecule has 1 aromatic heterocycles. The number of nitrogens with zero attached hydrogens (tertiary/aromatic N) is 2. The Morgan fingerprint density at radius 2 is 1.84 bits per heavy atom. The van der Waals surface area contributed by atoms with Gasteiger partial charge < -0.3 is 10.1 Å². The second-order valence-corrected chi connectivity index (χ2v) is 6.38. The molecular formula is C19H19N3O2S. The van der Waals surface area contributed by atoms with Crippen LogP contribution in [0.1, 0.15) is 18.9 Å². The fourth-order valence-corrected chi connectivity index (χ4v) is 3.10. The molecule has 25 heavy (non-hydrogen) atoms. The van der Waals surface area contributed by atoms with Crippen molar-refractivity contribution in [1.29, 1.82) is 0 Å². The molecule has 2 aromatic carbocycles. The van der Waals surface area contributed by atoms with Crippen LogP contribution in [0.5, 0.6) is 5.75 Å². The fraction of sp³-hybridized carbons (Fsp3) is 0.211. The van der Waals surface area contributed by atoms with E-state index >= 15 is 0 Å². The summed E-state index contributed by atoms with van der Waals surface area (Å²) >= 11 is 1.36. The van der Waals surface area contributed by atoms with Crippen molar-refractivity contribution in [1.82, 2.24) is 10.2 Å². The van der Waals surface area contributed by atoms with Gasteiger partial charge in [-0.2, -0.15) is 0 Å². The van der Waals surface area contributed by atoms with Gasteiger partial charge in [0, 0.05) is 12.0 Å². The first-order valence-electron chi connectivity index (χ1n) is 8.15. The lowest BCUT2D eigenvalue weighted by Crippen LogP contribution is -2.12. The third-order valence-corrected chi connectivity index (χ3v) is 4.45. The van der Waals surface area contributed by atoms with E-state index < -0.39 is 0 Å². The van der Waals surface area contributed by atoms with Gasteiger partial charge in [-0.15, -0.1) is 10.2 Å². The Kier molecular flexibility index (Phi) is 5.74. The Labute approximate surface area is 150 Å². The quantitative estimate of drug-likeness (QED) is 0.692. The summed E-state index contributed by atoms with van der Waals surface area (Å²) in [6, 6.07) is 17.6. The number of anilines is 1. The highest BCUT2D eigenvalue weighted by molar-refractivity contribution is 7.18. The van der Waals surface area contributed by atoms with E-state index in [1.54, 1.807) is 0 Å². The molecule has 0 aliphatic rings. The van der Waals surface area contributed by atoms with Crippen molar-refractivity contribution in [3.63, 3.8) is 0 Å². The molecular weight excluding hydrogens is 334 g/mol. The smallest absolute Gasteiger partial charge is 0.226 e. The highest BCUT2D eigenvalue weighted by Crippen LogP contribution is 2.27. The van der Waals surface area contributed by atoms with Crippen LogP contribution in [-0.2, 0) is 11.2 Å². The van der Waals surface area contributed by atoms with Gasteiger partial charge in [0.25, 0.3) is 0 Å². The predicted octanol–water partition coefficient (Wildman–Crippen LogP) is 4.18. The van der Waals surface area contributed by atoms with E-state index in [2.05, 4.69) is 15.5 Å². The average Bonchev–Trinajstić information content (AvgIpc) is 3.10. The summed E-state index contributed by atoms with van der Waals surface area (Å²) in [7, 11) is 0. The SMILES string of the molecule is CCOc1ccc(-c2nnc(NC(=O)CCc3ccccc3)s2)cc1. The first kappa shape index (κ1) is 17.1. The molecule has 0 aliphatic heterocycles.